The summed E-state index contributed by atoms with van der Waals surface area (Å²) in [5.41, 5.74) is 0. The van der Waals surface area contributed by atoms with Crippen molar-refractivity contribution in [2.75, 3.05) is 33.5 Å². The molecule has 2 atom stereocenters. The van der Waals surface area contributed by atoms with Gasteiger partial charge in [-0.15, -0.1) is 0 Å². The van der Waals surface area contributed by atoms with Crippen molar-refractivity contribution in [2.45, 2.75) is 57.7 Å². The standard InChI is InChI=1S/C16H30N2O3/c1-3-6-14-16(19)18(9-10-21-12-11-20-2)15(17-14)13-7-4-5-8-13/h13-15,17H,3-12H2,1-2H3. The van der Waals surface area contributed by atoms with Crippen molar-refractivity contribution in [2.24, 2.45) is 5.92 Å². The van der Waals surface area contributed by atoms with Crippen LogP contribution >= 0.6 is 0 Å². The fraction of sp³-hybridized carbons (Fsp3) is 0.938. The number of amides is 1. The summed E-state index contributed by atoms with van der Waals surface area (Å²) in [5, 5.41) is 3.58. The predicted octanol–water partition coefficient (Wildman–Crippen LogP) is 1.77. The number of nitrogens with one attached hydrogen (secondary N) is 1. The van der Waals surface area contributed by atoms with E-state index in [2.05, 4.69) is 12.2 Å². The molecule has 1 aliphatic heterocycles. The van der Waals surface area contributed by atoms with E-state index < -0.39 is 0 Å². The maximum atomic E-state index is 12.6. The first-order valence-electron chi connectivity index (χ1n) is 8.41. The Morgan fingerprint density at radius 3 is 2.67 bits per heavy atom. The number of methoxy groups -OCH3 is 1. The molecule has 0 spiro atoms. The van der Waals surface area contributed by atoms with E-state index in [1.807, 2.05) is 4.90 Å². The van der Waals surface area contributed by atoms with Gasteiger partial charge in [0.25, 0.3) is 0 Å². The van der Waals surface area contributed by atoms with Gasteiger partial charge in [-0.1, -0.05) is 26.2 Å². The second kappa shape index (κ2) is 8.71. The number of hydrogen-bond donors (Lipinski definition) is 1. The highest BCUT2D eigenvalue weighted by molar-refractivity contribution is 5.84. The molecule has 1 heterocycles. The molecule has 1 amide bonds. The molecule has 1 aliphatic carbocycles. The van der Waals surface area contributed by atoms with Crippen LogP contribution in [0.4, 0.5) is 0 Å². The van der Waals surface area contributed by atoms with Gasteiger partial charge in [0.05, 0.1) is 32.0 Å². The largest absolute Gasteiger partial charge is 0.382 e. The van der Waals surface area contributed by atoms with E-state index in [0.717, 1.165) is 12.8 Å². The van der Waals surface area contributed by atoms with E-state index >= 15 is 0 Å². The number of rotatable bonds is 9. The Labute approximate surface area is 128 Å². The molecule has 1 saturated heterocycles. The van der Waals surface area contributed by atoms with Gasteiger partial charge in [0, 0.05) is 13.7 Å². The SMILES string of the molecule is CCCC1NC(C2CCCC2)N(CCOCCOC)C1=O. The van der Waals surface area contributed by atoms with Gasteiger partial charge in [-0.05, 0) is 25.2 Å². The molecule has 122 valence electrons. The Kier molecular flexibility index (Phi) is 6.93. The summed E-state index contributed by atoms with van der Waals surface area (Å²) in [6.45, 7) is 4.63. The van der Waals surface area contributed by atoms with Crippen molar-refractivity contribution in [3.05, 3.63) is 0 Å². The summed E-state index contributed by atoms with van der Waals surface area (Å²) < 4.78 is 10.5. The minimum Gasteiger partial charge on any atom is -0.382 e. The van der Waals surface area contributed by atoms with Crippen molar-refractivity contribution >= 4 is 5.91 Å². The quantitative estimate of drug-likeness (QED) is 0.659. The van der Waals surface area contributed by atoms with Crippen LogP contribution in [0.25, 0.3) is 0 Å². The lowest BCUT2D eigenvalue weighted by Crippen LogP contribution is -2.44. The second-order valence-corrected chi connectivity index (χ2v) is 6.13. The predicted molar refractivity (Wildman–Crippen MR) is 82.0 cm³/mol. The van der Waals surface area contributed by atoms with E-state index in [1.165, 1.54) is 25.7 Å². The minimum atomic E-state index is 0.0135. The third-order valence-electron chi connectivity index (χ3n) is 4.62. The van der Waals surface area contributed by atoms with Gasteiger partial charge >= 0.3 is 0 Å². The van der Waals surface area contributed by atoms with Gasteiger partial charge in [0.1, 0.15) is 0 Å². The monoisotopic (exact) mass is 298 g/mol. The normalized spacial score (nSPS) is 27.0. The van der Waals surface area contributed by atoms with E-state index in [1.54, 1.807) is 7.11 Å². The van der Waals surface area contributed by atoms with Crippen molar-refractivity contribution < 1.29 is 14.3 Å². The van der Waals surface area contributed by atoms with E-state index in [9.17, 15) is 4.79 Å². The molecule has 5 nitrogen and oxygen atoms in total. The van der Waals surface area contributed by atoms with Crippen molar-refractivity contribution in [1.82, 2.24) is 10.2 Å². The lowest BCUT2D eigenvalue weighted by Gasteiger charge is -2.28. The maximum absolute atomic E-state index is 12.6. The number of nitrogens with zero attached hydrogens (tertiary/aromatic N) is 1. The Bertz CT molecular complexity index is 319. The zero-order chi connectivity index (χ0) is 15.1. The van der Waals surface area contributed by atoms with Crippen LogP contribution in [-0.2, 0) is 14.3 Å². The Morgan fingerprint density at radius 1 is 1.24 bits per heavy atom. The van der Waals surface area contributed by atoms with Crippen LogP contribution in [-0.4, -0.2) is 56.5 Å². The molecule has 0 aromatic carbocycles. The summed E-state index contributed by atoms with van der Waals surface area (Å²) >= 11 is 0. The molecule has 0 aromatic rings. The molecular formula is C16H30N2O3. The number of ether oxygens (including phenoxy) is 2. The lowest BCUT2D eigenvalue weighted by molar-refractivity contribution is -0.131. The lowest BCUT2D eigenvalue weighted by atomic mass is 10.0. The molecule has 21 heavy (non-hydrogen) atoms. The molecule has 0 aromatic heterocycles. The van der Waals surface area contributed by atoms with Crippen LogP contribution in [0.15, 0.2) is 0 Å². The zero-order valence-electron chi connectivity index (χ0n) is 13.5. The molecule has 5 heteroatoms. The molecule has 2 aliphatic rings. The van der Waals surface area contributed by atoms with Gasteiger partial charge in [-0.25, -0.2) is 0 Å². The van der Waals surface area contributed by atoms with Crippen LogP contribution in [0.1, 0.15) is 45.4 Å². The third kappa shape index (κ3) is 4.41. The van der Waals surface area contributed by atoms with Gasteiger partial charge < -0.3 is 14.4 Å². The van der Waals surface area contributed by atoms with Crippen LogP contribution in [0.2, 0.25) is 0 Å². The van der Waals surface area contributed by atoms with Crippen LogP contribution < -0.4 is 5.32 Å². The molecule has 2 unspecified atom stereocenters. The topological polar surface area (TPSA) is 50.8 Å². The van der Waals surface area contributed by atoms with Crippen LogP contribution in [0, 0.1) is 5.92 Å². The summed E-state index contributed by atoms with van der Waals surface area (Å²) in [6.07, 6.45) is 7.28. The highest BCUT2D eigenvalue weighted by atomic mass is 16.5. The molecule has 2 fully saturated rings. The van der Waals surface area contributed by atoms with Crippen LogP contribution in [0.5, 0.6) is 0 Å². The smallest absolute Gasteiger partial charge is 0.241 e. The van der Waals surface area contributed by atoms with Gasteiger partial charge in [0.15, 0.2) is 0 Å². The molecular weight excluding hydrogens is 268 g/mol. The fourth-order valence-corrected chi connectivity index (χ4v) is 3.52. The first-order chi connectivity index (χ1) is 10.3. The molecule has 0 bridgehead atoms. The fourth-order valence-electron chi connectivity index (χ4n) is 3.52. The summed E-state index contributed by atoms with van der Waals surface area (Å²) in [6, 6.07) is 0.0135. The Hall–Kier alpha value is -0.650. The number of carbonyl (C=O) groups excluding carboxylic acids is 1. The van der Waals surface area contributed by atoms with Crippen molar-refractivity contribution in [1.29, 1.82) is 0 Å². The molecule has 1 saturated carbocycles. The average Bonchev–Trinajstić information content (AvgIpc) is 3.10. The summed E-state index contributed by atoms with van der Waals surface area (Å²) in [7, 11) is 1.67. The summed E-state index contributed by atoms with van der Waals surface area (Å²) in [4.78, 5) is 14.6. The van der Waals surface area contributed by atoms with E-state index in [4.69, 9.17) is 9.47 Å². The van der Waals surface area contributed by atoms with Gasteiger partial charge in [-0.2, -0.15) is 0 Å². The number of carbonyl (C=O) groups is 1. The highest BCUT2D eigenvalue weighted by Gasteiger charge is 2.42. The van der Waals surface area contributed by atoms with Crippen molar-refractivity contribution in [3.8, 4) is 0 Å². The first-order valence-corrected chi connectivity index (χ1v) is 8.41. The van der Waals surface area contributed by atoms with E-state index in [-0.39, 0.29) is 18.1 Å². The van der Waals surface area contributed by atoms with Crippen molar-refractivity contribution in [3.63, 3.8) is 0 Å². The molecule has 1 N–H and O–H groups in total. The first kappa shape index (κ1) is 16.7. The zero-order valence-corrected chi connectivity index (χ0v) is 13.5. The summed E-state index contributed by atoms with van der Waals surface area (Å²) in [5.74, 6) is 0.888. The maximum Gasteiger partial charge on any atom is 0.241 e. The second-order valence-electron chi connectivity index (χ2n) is 6.13. The average molecular weight is 298 g/mol. The highest BCUT2D eigenvalue weighted by Crippen LogP contribution is 2.32. The van der Waals surface area contributed by atoms with Gasteiger partial charge in [0.2, 0.25) is 5.91 Å². The molecule has 0 radical (unpaired) electrons. The van der Waals surface area contributed by atoms with E-state index in [0.29, 0.717) is 32.3 Å². The molecule has 2 rings (SSSR count). The minimum absolute atomic E-state index is 0.0135. The van der Waals surface area contributed by atoms with Gasteiger partial charge in [-0.3, -0.25) is 10.1 Å². The number of hydrogen-bond acceptors (Lipinski definition) is 4. The van der Waals surface area contributed by atoms with Crippen LogP contribution in [0.3, 0.4) is 0 Å². The Balaban J connectivity index is 1.87. The Morgan fingerprint density at radius 2 is 2.00 bits per heavy atom. The third-order valence-corrected chi connectivity index (χ3v) is 4.62.